The van der Waals surface area contributed by atoms with Gasteiger partial charge in [-0.2, -0.15) is 0 Å². The van der Waals surface area contributed by atoms with Gasteiger partial charge in [0.15, 0.2) is 0 Å². The summed E-state index contributed by atoms with van der Waals surface area (Å²) in [6.45, 7) is 2.56. The van der Waals surface area contributed by atoms with Crippen molar-refractivity contribution >= 4 is 0 Å². The standard InChI is InChI=1S/C16H18FNO/c1-12-5-7-13(8-6-12)16(9-10-18)19-15-4-2-3-14(17)11-15/h2-8,11,16H,9-10,18H2,1H3. The lowest BCUT2D eigenvalue weighted by Crippen LogP contribution is -2.13. The molecule has 2 aromatic rings. The van der Waals surface area contributed by atoms with Crippen molar-refractivity contribution in [1.82, 2.24) is 0 Å². The summed E-state index contributed by atoms with van der Waals surface area (Å²) in [5.41, 5.74) is 7.88. The SMILES string of the molecule is Cc1ccc(C(CCN)Oc2cccc(F)c2)cc1. The van der Waals surface area contributed by atoms with Crippen LogP contribution >= 0.6 is 0 Å². The van der Waals surface area contributed by atoms with E-state index in [0.717, 1.165) is 5.56 Å². The molecule has 0 spiro atoms. The molecule has 1 atom stereocenters. The van der Waals surface area contributed by atoms with Crippen molar-refractivity contribution in [2.75, 3.05) is 6.54 Å². The summed E-state index contributed by atoms with van der Waals surface area (Å²) >= 11 is 0. The van der Waals surface area contributed by atoms with Crippen molar-refractivity contribution in [3.8, 4) is 5.75 Å². The largest absolute Gasteiger partial charge is 0.486 e. The molecular weight excluding hydrogens is 241 g/mol. The van der Waals surface area contributed by atoms with Crippen LogP contribution in [-0.2, 0) is 0 Å². The van der Waals surface area contributed by atoms with Crippen LogP contribution in [0.15, 0.2) is 48.5 Å². The Morgan fingerprint density at radius 1 is 1.16 bits per heavy atom. The smallest absolute Gasteiger partial charge is 0.126 e. The fraction of sp³-hybridized carbons (Fsp3) is 0.250. The van der Waals surface area contributed by atoms with Crippen molar-refractivity contribution in [3.63, 3.8) is 0 Å². The first-order chi connectivity index (χ1) is 9.19. The van der Waals surface area contributed by atoms with E-state index >= 15 is 0 Å². The summed E-state index contributed by atoms with van der Waals surface area (Å²) in [5.74, 6) is 0.229. The molecule has 0 saturated heterocycles. The molecule has 0 bridgehead atoms. The van der Waals surface area contributed by atoms with Gasteiger partial charge in [0.1, 0.15) is 17.7 Å². The van der Waals surface area contributed by atoms with Gasteiger partial charge in [-0.25, -0.2) is 4.39 Å². The van der Waals surface area contributed by atoms with E-state index in [-0.39, 0.29) is 11.9 Å². The normalized spacial score (nSPS) is 12.2. The van der Waals surface area contributed by atoms with Gasteiger partial charge >= 0.3 is 0 Å². The van der Waals surface area contributed by atoms with Gasteiger partial charge < -0.3 is 10.5 Å². The molecule has 0 aliphatic rings. The van der Waals surface area contributed by atoms with E-state index in [1.807, 2.05) is 31.2 Å². The first-order valence-corrected chi connectivity index (χ1v) is 6.38. The Morgan fingerprint density at radius 2 is 1.89 bits per heavy atom. The number of hydrogen-bond acceptors (Lipinski definition) is 2. The second-order valence-electron chi connectivity index (χ2n) is 4.55. The molecule has 0 aliphatic carbocycles. The van der Waals surface area contributed by atoms with Crippen molar-refractivity contribution in [1.29, 1.82) is 0 Å². The highest BCUT2D eigenvalue weighted by molar-refractivity contribution is 5.27. The molecular formula is C16H18FNO. The topological polar surface area (TPSA) is 35.2 Å². The molecule has 2 nitrogen and oxygen atoms in total. The molecule has 0 saturated carbocycles. The molecule has 0 aromatic heterocycles. The maximum atomic E-state index is 13.2. The van der Waals surface area contributed by atoms with Crippen LogP contribution < -0.4 is 10.5 Å². The van der Waals surface area contributed by atoms with E-state index in [0.29, 0.717) is 18.7 Å². The summed E-state index contributed by atoms with van der Waals surface area (Å²) in [7, 11) is 0. The molecule has 0 fully saturated rings. The zero-order valence-corrected chi connectivity index (χ0v) is 11.0. The second kappa shape index (κ2) is 6.34. The Bertz CT molecular complexity index is 525. The number of nitrogens with two attached hydrogens (primary N) is 1. The number of aryl methyl sites for hydroxylation is 1. The molecule has 0 radical (unpaired) electrons. The molecule has 0 heterocycles. The van der Waals surface area contributed by atoms with Crippen molar-refractivity contribution in [2.45, 2.75) is 19.4 Å². The van der Waals surface area contributed by atoms with Gasteiger partial charge in [-0.15, -0.1) is 0 Å². The molecule has 2 aromatic carbocycles. The minimum atomic E-state index is -0.298. The van der Waals surface area contributed by atoms with E-state index in [2.05, 4.69) is 0 Å². The third-order valence-electron chi connectivity index (χ3n) is 2.95. The van der Waals surface area contributed by atoms with Gasteiger partial charge in [-0.05, 0) is 31.2 Å². The number of benzene rings is 2. The van der Waals surface area contributed by atoms with Gasteiger partial charge in [-0.3, -0.25) is 0 Å². The van der Waals surface area contributed by atoms with Gasteiger partial charge in [0, 0.05) is 12.5 Å². The summed E-state index contributed by atoms with van der Waals surface area (Å²) in [6, 6.07) is 14.3. The fourth-order valence-electron chi connectivity index (χ4n) is 1.93. The lowest BCUT2D eigenvalue weighted by molar-refractivity contribution is 0.197. The van der Waals surface area contributed by atoms with E-state index in [9.17, 15) is 4.39 Å². The highest BCUT2D eigenvalue weighted by Crippen LogP contribution is 2.25. The van der Waals surface area contributed by atoms with Crippen molar-refractivity contribution in [3.05, 3.63) is 65.5 Å². The first-order valence-electron chi connectivity index (χ1n) is 6.38. The van der Waals surface area contributed by atoms with Crippen LogP contribution in [0.25, 0.3) is 0 Å². The Labute approximate surface area is 113 Å². The molecule has 0 amide bonds. The maximum Gasteiger partial charge on any atom is 0.126 e. The van der Waals surface area contributed by atoms with Gasteiger partial charge in [-0.1, -0.05) is 35.9 Å². The van der Waals surface area contributed by atoms with Crippen LogP contribution in [0.3, 0.4) is 0 Å². The fourth-order valence-corrected chi connectivity index (χ4v) is 1.93. The lowest BCUT2D eigenvalue weighted by atomic mass is 10.0. The van der Waals surface area contributed by atoms with Crippen LogP contribution in [0.1, 0.15) is 23.7 Å². The van der Waals surface area contributed by atoms with Crippen LogP contribution in [0.4, 0.5) is 4.39 Å². The van der Waals surface area contributed by atoms with E-state index in [1.165, 1.54) is 17.7 Å². The molecule has 2 rings (SSSR count). The van der Waals surface area contributed by atoms with Gasteiger partial charge in [0.05, 0.1) is 0 Å². The zero-order chi connectivity index (χ0) is 13.7. The Morgan fingerprint density at radius 3 is 2.53 bits per heavy atom. The van der Waals surface area contributed by atoms with Crippen LogP contribution in [0.5, 0.6) is 5.75 Å². The van der Waals surface area contributed by atoms with Crippen LogP contribution in [0.2, 0.25) is 0 Å². The summed E-state index contributed by atoms with van der Waals surface area (Å²) < 4.78 is 19.0. The highest BCUT2D eigenvalue weighted by atomic mass is 19.1. The Kier molecular flexibility index (Phi) is 4.53. The first kappa shape index (κ1) is 13.6. The molecule has 1 unspecified atom stereocenters. The Balaban J connectivity index is 2.18. The molecule has 19 heavy (non-hydrogen) atoms. The number of rotatable bonds is 5. The third-order valence-corrected chi connectivity index (χ3v) is 2.95. The van der Waals surface area contributed by atoms with Crippen LogP contribution in [0, 0.1) is 12.7 Å². The van der Waals surface area contributed by atoms with Gasteiger partial charge in [0.2, 0.25) is 0 Å². The van der Waals surface area contributed by atoms with E-state index in [4.69, 9.17) is 10.5 Å². The predicted molar refractivity (Wildman–Crippen MR) is 74.6 cm³/mol. The van der Waals surface area contributed by atoms with Gasteiger partial charge in [0.25, 0.3) is 0 Å². The third kappa shape index (κ3) is 3.80. The van der Waals surface area contributed by atoms with Crippen molar-refractivity contribution < 1.29 is 9.13 Å². The number of ether oxygens (including phenoxy) is 1. The Hall–Kier alpha value is -1.87. The van der Waals surface area contributed by atoms with Crippen molar-refractivity contribution in [2.24, 2.45) is 5.73 Å². The van der Waals surface area contributed by atoms with E-state index < -0.39 is 0 Å². The average molecular weight is 259 g/mol. The molecule has 3 heteroatoms. The second-order valence-corrected chi connectivity index (χ2v) is 4.55. The molecule has 0 aliphatic heterocycles. The minimum Gasteiger partial charge on any atom is -0.486 e. The maximum absolute atomic E-state index is 13.2. The predicted octanol–water partition coefficient (Wildman–Crippen LogP) is 3.60. The zero-order valence-electron chi connectivity index (χ0n) is 11.0. The number of hydrogen-bond donors (Lipinski definition) is 1. The lowest BCUT2D eigenvalue weighted by Gasteiger charge is -2.19. The number of halogens is 1. The molecule has 100 valence electrons. The quantitative estimate of drug-likeness (QED) is 0.890. The van der Waals surface area contributed by atoms with E-state index in [1.54, 1.807) is 12.1 Å². The summed E-state index contributed by atoms with van der Waals surface area (Å²) in [6.07, 6.45) is 0.548. The van der Waals surface area contributed by atoms with Crippen LogP contribution in [-0.4, -0.2) is 6.54 Å². The monoisotopic (exact) mass is 259 g/mol. The highest BCUT2D eigenvalue weighted by Gasteiger charge is 2.12. The minimum absolute atomic E-state index is 0.146. The molecule has 2 N–H and O–H groups in total. The summed E-state index contributed by atoms with van der Waals surface area (Å²) in [5, 5.41) is 0. The summed E-state index contributed by atoms with van der Waals surface area (Å²) in [4.78, 5) is 0. The average Bonchev–Trinajstić information content (AvgIpc) is 2.39.